The number of alkyl carbamates (subject to hydrolysis) is 1. The molecule has 0 radical (unpaired) electrons. The molecule has 1 N–H and O–H groups in total. The summed E-state index contributed by atoms with van der Waals surface area (Å²) in [7, 11) is 1.20. The highest BCUT2D eigenvalue weighted by Gasteiger charge is 2.28. The molecule has 0 aliphatic heterocycles. The second-order valence-electron chi connectivity index (χ2n) is 6.07. The van der Waals surface area contributed by atoms with Gasteiger partial charge in [-0.15, -0.1) is 0 Å². The van der Waals surface area contributed by atoms with Crippen LogP contribution in [0.1, 0.15) is 32.8 Å². The van der Waals surface area contributed by atoms with E-state index in [2.05, 4.69) is 10.1 Å². The molecule has 24 heavy (non-hydrogen) atoms. The van der Waals surface area contributed by atoms with Crippen LogP contribution in [0.5, 0.6) is 0 Å². The van der Waals surface area contributed by atoms with Gasteiger partial charge in [-0.25, -0.2) is 9.59 Å². The molecule has 1 unspecified atom stereocenters. The minimum absolute atomic E-state index is 0.0351. The maximum absolute atomic E-state index is 12.2. The molecule has 132 valence electrons. The molecule has 0 bridgehead atoms. The molecule has 1 amide bonds. The number of nitrogens with one attached hydrogen (secondary N) is 1. The Bertz CT molecular complexity index is 564. The largest absolute Gasteiger partial charge is 0.469 e. The molecule has 1 rings (SSSR count). The van der Waals surface area contributed by atoms with E-state index >= 15 is 0 Å². The first-order valence-electron chi connectivity index (χ1n) is 7.48. The molecule has 7 heteroatoms. The van der Waals surface area contributed by atoms with Crippen LogP contribution in [0.2, 0.25) is 0 Å². The van der Waals surface area contributed by atoms with Crippen LogP contribution >= 0.6 is 0 Å². The van der Waals surface area contributed by atoms with E-state index in [1.807, 2.05) is 18.2 Å². The van der Waals surface area contributed by atoms with Gasteiger partial charge in [-0.1, -0.05) is 30.3 Å². The lowest BCUT2D eigenvalue weighted by Gasteiger charge is -2.22. The predicted molar refractivity (Wildman–Crippen MR) is 86.0 cm³/mol. The van der Waals surface area contributed by atoms with E-state index < -0.39 is 29.7 Å². The van der Waals surface area contributed by atoms with Gasteiger partial charge in [0.25, 0.3) is 0 Å². The number of hydrogen-bond donors (Lipinski definition) is 1. The monoisotopic (exact) mass is 337 g/mol. The number of hydrogen-bond acceptors (Lipinski definition) is 6. The van der Waals surface area contributed by atoms with Gasteiger partial charge in [-0.05, 0) is 26.3 Å². The maximum atomic E-state index is 12.2. The van der Waals surface area contributed by atoms with Gasteiger partial charge in [-0.2, -0.15) is 0 Å². The maximum Gasteiger partial charge on any atom is 0.408 e. The van der Waals surface area contributed by atoms with E-state index in [4.69, 9.17) is 9.47 Å². The van der Waals surface area contributed by atoms with Crippen molar-refractivity contribution in [2.24, 2.45) is 0 Å². The zero-order chi connectivity index (χ0) is 18.2. The Labute approximate surface area is 141 Å². The molecule has 1 atom stereocenters. The molecule has 0 saturated carbocycles. The number of methoxy groups -OCH3 is 1. The Morgan fingerprint density at radius 1 is 1.12 bits per heavy atom. The number of esters is 2. The van der Waals surface area contributed by atoms with Gasteiger partial charge in [0.15, 0.2) is 0 Å². The van der Waals surface area contributed by atoms with Crippen LogP contribution in [0, 0.1) is 0 Å². The standard InChI is InChI=1S/C17H23NO6/c1-17(2,3)24-16(21)18-13(10-14(19)22-4)15(20)23-11-12-8-6-5-7-9-12/h5-9,13H,10-11H2,1-4H3,(H,18,21). The van der Waals surface area contributed by atoms with Crippen molar-refractivity contribution in [1.29, 1.82) is 0 Å². The van der Waals surface area contributed by atoms with E-state index in [1.165, 1.54) is 7.11 Å². The van der Waals surface area contributed by atoms with Crippen molar-refractivity contribution < 1.29 is 28.6 Å². The summed E-state index contributed by atoms with van der Waals surface area (Å²) < 4.78 is 14.8. The summed E-state index contributed by atoms with van der Waals surface area (Å²) in [4.78, 5) is 35.4. The van der Waals surface area contributed by atoms with Crippen molar-refractivity contribution in [3.8, 4) is 0 Å². The fourth-order valence-corrected chi connectivity index (χ4v) is 1.72. The molecule has 0 aliphatic rings. The average molecular weight is 337 g/mol. The number of benzene rings is 1. The lowest BCUT2D eigenvalue weighted by Crippen LogP contribution is -2.45. The van der Waals surface area contributed by atoms with Crippen LogP contribution in [-0.4, -0.2) is 36.8 Å². The fourth-order valence-electron chi connectivity index (χ4n) is 1.72. The van der Waals surface area contributed by atoms with Crippen LogP contribution in [0.25, 0.3) is 0 Å². The van der Waals surface area contributed by atoms with Crippen LogP contribution in [0.15, 0.2) is 30.3 Å². The van der Waals surface area contributed by atoms with Gasteiger partial charge >= 0.3 is 18.0 Å². The molecule has 0 spiro atoms. The summed E-state index contributed by atoms with van der Waals surface area (Å²) >= 11 is 0. The summed E-state index contributed by atoms with van der Waals surface area (Å²) in [5.41, 5.74) is 0.0633. The third kappa shape index (κ3) is 7.62. The van der Waals surface area contributed by atoms with E-state index in [9.17, 15) is 14.4 Å². The Hall–Kier alpha value is -2.57. The molecular formula is C17H23NO6. The first kappa shape index (κ1) is 19.5. The van der Waals surface area contributed by atoms with Crippen molar-refractivity contribution in [2.45, 2.75) is 45.4 Å². The van der Waals surface area contributed by atoms with Crippen LogP contribution in [0.4, 0.5) is 4.79 Å². The van der Waals surface area contributed by atoms with Crippen LogP contribution in [-0.2, 0) is 30.4 Å². The number of ether oxygens (including phenoxy) is 3. The summed E-state index contributed by atoms with van der Waals surface area (Å²) in [6, 6.07) is 7.88. The SMILES string of the molecule is COC(=O)CC(NC(=O)OC(C)(C)C)C(=O)OCc1ccccc1. The zero-order valence-electron chi connectivity index (χ0n) is 14.3. The van der Waals surface area contributed by atoms with Crippen molar-refractivity contribution in [1.82, 2.24) is 5.32 Å². The Kier molecular flexibility index (Phi) is 7.23. The van der Waals surface area contributed by atoms with Crippen molar-refractivity contribution in [3.05, 3.63) is 35.9 Å². The highest BCUT2D eigenvalue weighted by molar-refractivity contribution is 5.86. The van der Waals surface area contributed by atoms with E-state index in [0.717, 1.165) is 5.56 Å². The first-order valence-corrected chi connectivity index (χ1v) is 7.48. The average Bonchev–Trinajstić information content (AvgIpc) is 2.51. The number of amides is 1. The lowest BCUT2D eigenvalue weighted by atomic mass is 10.2. The molecule has 0 fully saturated rings. The third-order valence-electron chi connectivity index (χ3n) is 2.80. The van der Waals surface area contributed by atoms with E-state index in [-0.39, 0.29) is 13.0 Å². The van der Waals surface area contributed by atoms with Gasteiger partial charge < -0.3 is 19.5 Å². The zero-order valence-corrected chi connectivity index (χ0v) is 14.3. The number of rotatable bonds is 6. The molecule has 1 aromatic rings. The van der Waals surface area contributed by atoms with Gasteiger partial charge in [0, 0.05) is 0 Å². The van der Waals surface area contributed by atoms with Gasteiger partial charge in [-0.3, -0.25) is 4.79 Å². The number of carbonyl (C=O) groups excluding carboxylic acids is 3. The molecule has 0 aromatic heterocycles. The summed E-state index contributed by atoms with van der Waals surface area (Å²) in [5, 5.41) is 2.34. The molecule has 0 saturated heterocycles. The van der Waals surface area contributed by atoms with Gasteiger partial charge in [0.05, 0.1) is 13.5 Å². The first-order chi connectivity index (χ1) is 11.2. The van der Waals surface area contributed by atoms with Crippen molar-refractivity contribution in [2.75, 3.05) is 7.11 Å². The molecular weight excluding hydrogens is 314 g/mol. The second kappa shape index (κ2) is 8.90. The summed E-state index contributed by atoms with van der Waals surface area (Å²) in [5.74, 6) is -1.39. The Morgan fingerprint density at radius 3 is 2.29 bits per heavy atom. The van der Waals surface area contributed by atoms with Gasteiger partial charge in [0.1, 0.15) is 18.2 Å². The molecule has 1 aromatic carbocycles. The van der Waals surface area contributed by atoms with E-state index in [1.54, 1.807) is 32.9 Å². The Morgan fingerprint density at radius 2 is 1.75 bits per heavy atom. The summed E-state index contributed by atoms with van der Waals surface area (Å²) in [6.45, 7) is 5.11. The third-order valence-corrected chi connectivity index (χ3v) is 2.80. The summed E-state index contributed by atoms with van der Waals surface area (Å²) in [6.07, 6.45) is -1.16. The Balaban J connectivity index is 2.67. The normalized spacial score (nSPS) is 12.0. The minimum Gasteiger partial charge on any atom is -0.469 e. The smallest absolute Gasteiger partial charge is 0.408 e. The van der Waals surface area contributed by atoms with E-state index in [0.29, 0.717) is 0 Å². The fraction of sp³-hybridized carbons (Fsp3) is 0.471. The molecule has 0 aliphatic carbocycles. The highest BCUT2D eigenvalue weighted by atomic mass is 16.6. The number of carbonyl (C=O) groups is 3. The topological polar surface area (TPSA) is 90.9 Å². The quantitative estimate of drug-likeness (QED) is 0.632. The van der Waals surface area contributed by atoms with Crippen molar-refractivity contribution >= 4 is 18.0 Å². The van der Waals surface area contributed by atoms with Crippen molar-refractivity contribution in [3.63, 3.8) is 0 Å². The lowest BCUT2D eigenvalue weighted by molar-refractivity contribution is -0.152. The minimum atomic E-state index is -1.18. The predicted octanol–water partition coefficient (Wildman–Crippen LogP) is 2.19. The van der Waals surface area contributed by atoms with Gasteiger partial charge in [0.2, 0.25) is 0 Å². The molecule has 0 heterocycles. The molecule has 7 nitrogen and oxygen atoms in total. The van der Waals surface area contributed by atoms with Crippen LogP contribution < -0.4 is 5.32 Å². The second-order valence-corrected chi connectivity index (χ2v) is 6.07. The van der Waals surface area contributed by atoms with Crippen LogP contribution in [0.3, 0.4) is 0 Å². The highest BCUT2D eigenvalue weighted by Crippen LogP contribution is 2.09.